The molecule has 2 aromatic heterocycles. The molecule has 80 valence electrons. The number of aromatic nitrogens is 1. The van der Waals surface area contributed by atoms with E-state index in [2.05, 4.69) is 20.9 Å². The number of oxazole rings is 1. The van der Waals surface area contributed by atoms with Crippen LogP contribution in [-0.4, -0.2) is 4.98 Å². The Morgan fingerprint density at radius 3 is 2.94 bits per heavy atom. The Morgan fingerprint density at radius 2 is 2.19 bits per heavy atom. The number of fused-ring (bicyclic) bond motifs is 1. The Balaban J connectivity index is 2.23. The fraction of sp³-hybridized carbons (Fsp3) is 0. The lowest BCUT2D eigenvalue weighted by Gasteiger charge is -1.89. The largest absolute Gasteiger partial charge is 0.435 e. The molecule has 3 nitrogen and oxygen atoms in total. The summed E-state index contributed by atoms with van der Waals surface area (Å²) in [5.41, 5.74) is 7.91. The molecular formula is C11H7BrN2OS. The number of benzene rings is 1. The van der Waals surface area contributed by atoms with Gasteiger partial charge in [0.1, 0.15) is 10.4 Å². The Hall–Kier alpha value is -1.33. The first kappa shape index (κ1) is 9.86. The third-order valence-electron chi connectivity index (χ3n) is 2.22. The van der Waals surface area contributed by atoms with Crippen LogP contribution in [0.1, 0.15) is 0 Å². The zero-order chi connectivity index (χ0) is 11.1. The molecule has 0 saturated carbocycles. The van der Waals surface area contributed by atoms with Crippen LogP contribution in [0.25, 0.3) is 21.9 Å². The molecular weight excluding hydrogens is 288 g/mol. The van der Waals surface area contributed by atoms with E-state index in [0.717, 1.165) is 20.4 Å². The highest BCUT2D eigenvalue weighted by molar-refractivity contribution is 9.10. The van der Waals surface area contributed by atoms with E-state index < -0.39 is 0 Å². The number of rotatable bonds is 1. The van der Waals surface area contributed by atoms with Gasteiger partial charge in [-0.3, -0.25) is 0 Å². The minimum absolute atomic E-state index is 0.627. The number of hydrogen-bond donors (Lipinski definition) is 1. The molecule has 0 aliphatic rings. The normalized spacial score (nSPS) is 11.1. The predicted octanol–water partition coefficient (Wildman–Crippen LogP) is 3.90. The number of nitrogens with zero attached hydrogens (tertiary/aromatic N) is 1. The van der Waals surface area contributed by atoms with Crippen molar-refractivity contribution in [2.24, 2.45) is 0 Å². The Kier molecular flexibility index (Phi) is 2.22. The standard InChI is InChI=1S/C11H7BrN2OS/c12-7-3-4-16-10(7)11-14-8-2-1-6(13)5-9(8)15-11/h1-5H,13H2. The van der Waals surface area contributed by atoms with Gasteiger partial charge in [0.15, 0.2) is 5.58 Å². The summed E-state index contributed by atoms with van der Waals surface area (Å²) in [5, 5.41) is 1.99. The smallest absolute Gasteiger partial charge is 0.238 e. The van der Waals surface area contributed by atoms with Crippen molar-refractivity contribution in [1.82, 2.24) is 4.98 Å². The van der Waals surface area contributed by atoms with Gasteiger partial charge in [0.05, 0.1) is 0 Å². The third kappa shape index (κ3) is 1.52. The van der Waals surface area contributed by atoms with Gasteiger partial charge in [0.2, 0.25) is 5.89 Å². The van der Waals surface area contributed by atoms with Crippen LogP contribution in [0.2, 0.25) is 0 Å². The number of halogens is 1. The van der Waals surface area contributed by atoms with Crippen molar-refractivity contribution in [1.29, 1.82) is 0 Å². The number of thiophene rings is 1. The molecule has 3 aromatic rings. The van der Waals surface area contributed by atoms with Crippen molar-refractivity contribution in [3.63, 3.8) is 0 Å². The van der Waals surface area contributed by atoms with Gasteiger partial charge in [-0.1, -0.05) is 0 Å². The quantitative estimate of drug-likeness (QED) is 0.693. The lowest BCUT2D eigenvalue weighted by molar-refractivity contribution is 0.621. The lowest BCUT2D eigenvalue weighted by atomic mass is 10.3. The fourth-order valence-corrected chi connectivity index (χ4v) is 2.95. The molecule has 0 spiro atoms. The Morgan fingerprint density at radius 1 is 1.31 bits per heavy atom. The van der Waals surface area contributed by atoms with E-state index >= 15 is 0 Å². The molecule has 0 aliphatic heterocycles. The van der Waals surface area contributed by atoms with E-state index in [1.165, 1.54) is 0 Å². The first-order valence-electron chi connectivity index (χ1n) is 4.63. The van der Waals surface area contributed by atoms with Crippen molar-refractivity contribution in [3.8, 4) is 10.8 Å². The Labute approximate surface area is 104 Å². The molecule has 0 amide bonds. The number of hydrogen-bond acceptors (Lipinski definition) is 4. The first-order valence-corrected chi connectivity index (χ1v) is 6.31. The molecule has 3 rings (SSSR count). The van der Waals surface area contributed by atoms with Gasteiger partial charge in [0, 0.05) is 16.2 Å². The lowest BCUT2D eigenvalue weighted by Crippen LogP contribution is -1.81. The molecule has 2 heterocycles. The average molecular weight is 295 g/mol. The number of nitrogens with two attached hydrogens (primary N) is 1. The summed E-state index contributed by atoms with van der Waals surface area (Å²) in [6.45, 7) is 0. The molecule has 0 saturated heterocycles. The zero-order valence-electron chi connectivity index (χ0n) is 8.11. The first-order chi connectivity index (χ1) is 7.74. The predicted molar refractivity (Wildman–Crippen MR) is 69.4 cm³/mol. The van der Waals surface area contributed by atoms with Gasteiger partial charge in [-0.15, -0.1) is 11.3 Å². The summed E-state index contributed by atoms with van der Waals surface area (Å²) in [5.74, 6) is 0.627. The van der Waals surface area contributed by atoms with Gasteiger partial charge >= 0.3 is 0 Å². The molecule has 0 atom stereocenters. The molecule has 0 fully saturated rings. The Bertz CT molecular complexity index is 659. The van der Waals surface area contributed by atoms with Gasteiger partial charge in [-0.05, 0) is 39.5 Å². The molecule has 1 aromatic carbocycles. The fourth-order valence-electron chi connectivity index (χ4n) is 1.48. The van der Waals surface area contributed by atoms with E-state index in [0.29, 0.717) is 11.6 Å². The van der Waals surface area contributed by atoms with Gasteiger partial charge in [-0.25, -0.2) is 4.98 Å². The molecule has 0 bridgehead atoms. The van der Waals surface area contributed by atoms with Crippen LogP contribution in [-0.2, 0) is 0 Å². The van der Waals surface area contributed by atoms with Crippen LogP contribution < -0.4 is 5.73 Å². The monoisotopic (exact) mass is 294 g/mol. The van der Waals surface area contributed by atoms with Crippen molar-refractivity contribution >= 4 is 44.1 Å². The van der Waals surface area contributed by atoms with Crippen molar-refractivity contribution in [2.45, 2.75) is 0 Å². The summed E-state index contributed by atoms with van der Waals surface area (Å²) >= 11 is 5.05. The highest BCUT2D eigenvalue weighted by Crippen LogP contribution is 2.34. The van der Waals surface area contributed by atoms with E-state index in [-0.39, 0.29) is 0 Å². The molecule has 16 heavy (non-hydrogen) atoms. The van der Waals surface area contributed by atoms with Crippen LogP contribution in [0.3, 0.4) is 0 Å². The van der Waals surface area contributed by atoms with Crippen LogP contribution in [0.4, 0.5) is 5.69 Å². The number of nitrogen functional groups attached to an aromatic ring is 1. The molecule has 0 radical (unpaired) electrons. The summed E-state index contributed by atoms with van der Waals surface area (Å²) in [6.07, 6.45) is 0. The number of anilines is 1. The topological polar surface area (TPSA) is 52.0 Å². The van der Waals surface area contributed by atoms with Crippen LogP contribution in [0, 0.1) is 0 Å². The van der Waals surface area contributed by atoms with Crippen LogP contribution >= 0.6 is 27.3 Å². The van der Waals surface area contributed by atoms with Gasteiger partial charge in [0.25, 0.3) is 0 Å². The summed E-state index contributed by atoms with van der Waals surface area (Å²) in [7, 11) is 0. The maximum Gasteiger partial charge on any atom is 0.238 e. The minimum atomic E-state index is 0.627. The molecule has 2 N–H and O–H groups in total. The van der Waals surface area contributed by atoms with Crippen molar-refractivity contribution in [2.75, 3.05) is 5.73 Å². The van der Waals surface area contributed by atoms with E-state index in [4.69, 9.17) is 10.2 Å². The highest BCUT2D eigenvalue weighted by atomic mass is 79.9. The SMILES string of the molecule is Nc1ccc2nc(-c3sccc3Br)oc2c1. The highest BCUT2D eigenvalue weighted by Gasteiger charge is 2.12. The van der Waals surface area contributed by atoms with Crippen molar-refractivity contribution < 1.29 is 4.42 Å². The minimum Gasteiger partial charge on any atom is -0.435 e. The second kappa shape index (κ2) is 3.61. The second-order valence-electron chi connectivity index (χ2n) is 3.34. The summed E-state index contributed by atoms with van der Waals surface area (Å²) in [4.78, 5) is 5.41. The van der Waals surface area contributed by atoms with Crippen LogP contribution in [0.5, 0.6) is 0 Å². The van der Waals surface area contributed by atoms with Crippen LogP contribution in [0.15, 0.2) is 38.5 Å². The summed E-state index contributed by atoms with van der Waals surface area (Å²) in [6, 6.07) is 7.44. The maximum absolute atomic E-state index is 5.69. The molecule has 5 heteroatoms. The zero-order valence-corrected chi connectivity index (χ0v) is 10.5. The van der Waals surface area contributed by atoms with E-state index in [9.17, 15) is 0 Å². The van der Waals surface area contributed by atoms with E-state index in [1.54, 1.807) is 17.4 Å². The maximum atomic E-state index is 5.69. The second-order valence-corrected chi connectivity index (χ2v) is 5.11. The van der Waals surface area contributed by atoms with E-state index in [1.807, 2.05) is 23.6 Å². The van der Waals surface area contributed by atoms with Gasteiger partial charge in [-0.2, -0.15) is 0 Å². The van der Waals surface area contributed by atoms with Gasteiger partial charge < -0.3 is 10.2 Å². The van der Waals surface area contributed by atoms with Crippen molar-refractivity contribution in [3.05, 3.63) is 34.1 Å². The molecule has 0 unspecified atom stereocenters. The third-order valence-corrected chi connectivity index (χ3v) is 4.05. The average Bonchev–Trinajstić information content (AvgIpc) is 2.82. The molecule has 0 aliphatic carbocycles. The summed E-state index contributed by atoms with van der Waals surface area (Å²) < 4.78 is 6.66.